The number of hydrogen-bond acceptors (Lipinski definition) is 5. The summed E-state index contributed by atoms with van der Waals surface area (Å²) in [6.45, 7) is 12.1. The van der Waals surface area contributed by atoms with Crippen molar-refractivity contribution in [2.75, 3.05) is 32.8 Å². The van der Waals surface area contributed by atoms with Crippen LogP contribution in [-0.2, 0) is 11.2 Å². The molecule has 1 saturated heterocycles. The summed E-state index contributed by atoms with van der Waals surface area (Å²) in [7, 11) is 0. The van der Waals surface area contributed by atoms with Gasteiger partial charge in [-0.3, -0.25) is 4.99 Å². The zero-order valence-electron chi connectivity index (χ0n) is 17.3. The summed E-state index contributed by atoms with van der Waals surface area (Å²) < 4.78 is 11.4. The Labute approximate surface area is 167 Å². The van der Waals surface area contributed by atoms with Gasteiger partial charge in [-0.25, -0.2) is 0 Å². The van der Waals surface area contributed by atoms with Gasteiger partial charge in [-0.05, 0) is 25.0 Å². The quantitative estimate of drug-likeness (QED) is 0.608. The van der Waals surface area contributed by atoms with Crippen molar-refractivity contribution in [2.24, 2.45) is 4.99 Å². The molecular formula is C21H31N5O2. The Balaban J connectivity index is 1.64. The van der Waals surface area contributed by atoms with Gasteiger partial charge in [0.05, 0.1) is 19.7 Å². The number of aliphatic imine (C=N–C) groups is 1. The summed E-state index contributed by atoms with van der Waals surface area (Å²) in [5, 5.41) is 7.42. The number of guanidine groups is 1. The number of nitrogens with zero attached hydrogens (tertiary/aromatic N) is 4. The molecule has 1 aliphatic rings. The average Bonchev–Trinajstić information content (AvgIpc) is 3.17. The number of nitrogens with one attached hydrogen (secondary N) is 1. The minimum absolute atomic E-state index is 0.0587. The first kappa shape index (κ1) is 20.3. The maximum absolute atomic E-state index is 6.04. The molecule has 7 nitrogen and oxygen atoms in total. The minimum atomic E-state index is 0.0587. The van der Waals surface area contributed by atoms with Gasteiger partial charge in [-0.1, -0.05) is 43.3 Å². The molecule has 0 aliphatic carbocycles. The number of ether oxygens (including phenoxy) is 1. The molecule has 1 aromatic heterocycles. The molecule has 1 aromatic carbocycles. The summed E-state index contributed by atoms with van der Waals surface area (Å²) in [4.78, 5) is 11.5. The van der Waals surface area contributed by atoms with Gasteiger partial charge in [-0.2, -0.15) is 4.98 Å². The van der Waals surface area contributed by atoms with Crippen LogP contribution in [0.3, 0.4) is 0 Å². The van der Waals surface area contributed by atoms with Gasteiger partial charge in [0.1, 0.15) is 6.10 Å². The molecule has 0 amide bonds. The van der Waals surface area contributed by atoms with Crippen LogP contribution >= 0.6 is 0 Å². The average molecular weight is 386 g/mol. The Morgan fingerprint density at radius 1 is 1.36 bits per heavy atom. The van der Waals surface area contributed by atoms with E-state index in [4.69, 9.17) is 14.3 Å². The van der Waals surface area contributed by atoms with Crippen molar-refractivity contribution in [2.45, 2.75) is 46.1 Å². The molecule has 1 unspecified atom stereocenters. The molecule has 3 rings (SSSR count). The predicted octanol–water partition coefficient (Wildman–Crippen LogP) is 3.08. The van der Waals surface area contributed by atoms with E-state index in [9.17, 15) is 0 Å². The number of aromatic nitrogens is 2. The first-order valence-electron chi connectivity index (χ1n) is 10.1. The van der Waals surface area contributed by atoms with Crippen molar-refractivity contribution >= 4 is 5.96 Å². The highest BCUT2D eigenvalue weighted by Gasteiger charge is 2.25. The molecule has 28 heavy (non-hydrogen) atoms. The SMILES string of the molecule is CCNC(=NCCc1nc(C(C)C)no1)N1CCOC(c2ccccc2C)C1. The fourth-order valence-electron chi connectivity index (χ4n) is 3.27. The minimum Gasteiger partial charge on any atom is -0.370 e. The molecule has 2 aromatic rings. The highest BCUT2D eigenvalue weighted by Crippen LogP contribution is 2.25. The zero-order chi connectivity index (χ0) is 19.9. The summed E-state index contributed by atoms with van der Waals surface area (Å²) >= 11 is 0. The topological polar surface area (TPSA) is 75.8 Å². The summed E-state index contributed by atoms with van der Waals surface area (Å²) in [5.74, 6) is 2.57. The lowest BCUT2D eigenvalue weighted by atomic mass is 10.0. The Hall–Kier alpha value is -2.41. The van der Waals surface area contributed by atoms with Crippen molar-refractivity contribution in [3.63, 3.8) is 0 Å². The maximum atomic E-state index is 6.04. The lowest BCUT2D eigenvalue weighted by molar-refractivity contribution is -0.00832. The highest BCUT2D eigenvalue weighted by atomic mass is 16.5. The highest BCUT2D eigenvalue weighted by molar-refractivity contribution is 5.80. The standard InChI is InChI=1S/C21H31N5O2/c1-5-22-21(23-11-10-19-24-20(15(2)3)25-28-19)26-12-13-27-18(14-26)17-9-7-6-8-16(17)4/h6-9,15,18H,5,10-14H2,1-4H3,(H,22,23). The molecule has 1 atom stereocenters. The van der Waals surface area contributed by atoms with Crippen molar-refractivity contribution in [1.82, 2.24) is 20.4 Å². The molecule has 0 saturated carbocycles. The van der Waals surface area contributed by atoms with Crippen LogP contribution < -0.4 is 5.32 Å². The lowest BCUT2D eigenvalue weighted by Crippen LogP contribution is -2.48. The third-order valence-electron chi connectivity index (χ3n) is 4.82. The van der Waals surface area contributed by atoms with E-state index in [2.05, 4.69) is 72.3 Å². The van der Waals surface area contributed by atoms with Crippen LogP contribution in [0.1, 0.15) is 55.6 Å². The van der Waals surface area contributed by atoms with Crippen molar-refractivity contribution in [3.05, 3.63) is 47.1 Å². The maximum Gasteiger partial charge on any atom is 0.228 e. The third-order valence-corrected chi connectivity index (χ3v) is 4.82. The fourth-order valence-corrected chi connectivity index (χ4v) is 3.27. The van der Waals surface area contributed by atoms with Crippen molar-refractivity contribution in [1.29, 1.82) is 0 Å². The predicted molar refractivity (Wildman–Crippen MR) is 110 cm³/mol. The molecule has 2 heterocycles. The molecule has 1 aliphatic heterocycles. The largest absolute Gasteiger partial charge is 0.370 e. The number of aryl methyl sites for hydroxylation is 1. The Kier molecular flexibility index (Phi) is 7.03. The van der Waals surface area contributed by atoms with Gasteiger partial charge in [0.2, 0.25) is 5.89 Å². The van der Waals surface area contributed by atoms with Gasteiger partial charge in [-0.15, -0.1) is 0 Å². The number of benzene rings is 1. The van der Waals surface area contributed by atoms with Crippen molar-refractivity contribution < 1.29 is 9.26 Å². The molecule has 152 valence electrons. The van der Waals surface area contributed by atoms with E-state index < -0.39 is 0 Å². The first-order chi connectivity index (χ1) is 13.6. The smallest absolute Gasteiger partial charge is 0.228 e. The second kappa shape index (κ2) is 9.68. The monoisotopic (exact) mass is 385 g/mol. The van der Waals surface area contributed by atoms with Crippen LogP contribution in [0.2, 0.25) is 0 Å². The Morgan fingerprint density at radius 2 is 2.18 bits per heavy atom. The van der Waals surface area contributed by atoms with E-state index in [1.165, 1.54) is 11.1 Å². The third kappa shape index (κ3) is 5.10. The normalized spacial score (nSPS) is 18.0. The second-order valence-electron chi connectivity index (χ2n) is 7.35. The van der Waals surface area contributed by atoms with Crippen molar-refractivity contribution in [3.8, 4) is 0 Å². The van der Waals surface area contributed by atoms with Crippen LogP contribution in [0.15, 0.2) is 33.8 Å². The first-order valence-corrected chi connectivity index (χ1v) is 10.1. The summed E-state index contributed by atoms with van der Waals surface area (Å²) in [5.41, 5.74) is 2.50. The molecular weight excluding hydrogens is 354 g/mol. The zero-order valence-corrected chi connectivity index (χ0v) is 17.3. The van der Waals surface area contributed by atoms with E-state index in [0.29, 0.717) is 25.5 Å². The molecule has 1 fully saturated rings. The molecule has 1 N–H and O–H groups in total. The molecule has 7 heteroatoms. The molecule has 0 bridgehead atoms. The fraction of sp³-hybridized carbons (Fsp3) is 0.571. The van der Waals surface area contributed by atoms with E-state index in [0.717, 1.165) is 31.4 Å². The molecule has 0 spiro atoms. The number of hydrogen-bond donors (Lipinski definition) is 1. The molecule has 0 radical (unpaired) electrons. The number of morpholine rings is 1. The van der Waals surface area contributed by atoms with E-state index in [-0.39, 0.29) is 12.0 Å². The van der Waals surface area contributed by atoms with Crippen LogP contribution in [-0.4, -0.2) is 53.8 Å². The van der Waals surface area contributed by atoms with Gasteiger partial charge >= 0.3 is 0 Å². The Morgan fingerprint density at radius 3 is 2.89 bits per heavy atom. The van der Waals surface area contributed by atoms with E-state index in [1.807, 2.05) is 0 Å². The number of rotatable bonds is 6. The van der Waals surface area contributed by atoms with Crippen LogP contribution in [0.25, 0.3) is 0 Å². The van der Waals surface area contributed by atoms with Gasteiger partial charge in [0, 0.05) is 25.4 Å². The van der Waals surface area contributed by atoms with Gasteiger partial charge in [0.15, 0.2) is 11.8 Å². The lowest BCUT2D eigenvalue weighted by Gasteiger charge is -2.35. The van der Waals surface area contributed by atoms with E-state index in [1.54, 1.807) is 0 Å². The van der Waals surface area contributed by atoms with Crippen LogP contribution in [0.4, 0.5) is 0 Å². The van der Waals surface area contributed by atoms with Crippen LogP contribution in [0, 0.1) is 6.92 Å². The Bertz CT molecular complexity index is 787. The summed E-state index contributed by atoms with van der Waals surface area (Å²) in [6.07, 6.45) is 0.698. The van der Waals surface area contributed by atoms with E-state index >= 15 is 0 Å². The van der Waals surface area contributed by atoms with Gasteiger partial charge in [0.25, 0.3) is 0 Å². The van der Waals surface area contributed by atoms with Crippen LogP contribution in [0.5, 0.6) is 0 Å². The summed E-state index contributed by atoms with van der Waals surface area (Å²) in [6, 6.07) is 8.41. The van der Waals surface area contributed by atoms with Gasteiger partial charge < -0.3 is 19.5 Å². The second-order valence-corrected chi connectivity index (χ2v) is 7.35.